The van der Waals surface area contributed by atoms with E-state index in [0.717, 1.165) is 31.6 Å². The quantitative estimate of drug-likeness (QED) is 0.862. The highest BCUT2D eigenvalue weighted by molar-refractivity contribution is 5.69. The van der Waals surface area contributed by atoms with Gasteiger partial charge >= 0.3 is 6.09 Å². The van der Waals surface area contributed by atoms with E-state index in [9.17, 15) is 4.79 Å². The second-order valence-corrected chi connectivity index (χ2v) is 6.35. The van der Waals surface area contributed by atoms with E-state index in [4.69, 9.17) is 4.74 Å². The second kappa shape index (κ2) is 5.44. The summed E-state index contributed by atoms with van der Waals surface area (Å²) in [5.41, 5.74) is 0.119. The lowest BCUT2D eigenvalue weighted by atomic mass is 9.85. The molecule has 2 heterocycles. The predicted molar refractivity (Wildman–Crippen MR) is 76.4 cm³/mol. The summed E-state index contributed by atoms with van der Waals surface area (Å²) in [4.78, 5) is 16.3. The molecule has 1 fully saturated rings. The van der Waals surface area contributed by atoms with E-state index in [2.05, 4.69) is 15.6 Å². The Bertz CT molecular complexity index is 470. The number of nitrogens with one attached hydrogen (secondary N) is 2. The highest BCUT2D eigenvalue weighted by atomic mass is 16.6. The second-order valence-electron chi connectivity index (χ2n) is 6.35. The van der Waals surface area contributed by atoms with Gasteiger partial charge in [-0.2, -0.15) is 0 Å². The van der Waals surface area contributed by atoms with Gasteiger partial charge in [0.2, 0.25) is 0 Å². The Morgan fingerprint density at radius 2 is 2.10 bits per heavy atom. The number of alkyl carbamates (subject to hydrolysis) is 1. The number of carbonyl (C=O) groups is 1. The van der Waals surface area contributed by atoms with Crippen molar-refractivity contribution in [2.75, 3.05) is 13.1 Å². The van der Waals surface area contributed by atoms with Gasteiger partial charge in [-0.25, -0.2) is 9.78 Å². The Kier molecular flexibility index (Phi) is 4.04. The number of carbonyl (C=O) groups excluding carboxylic acids is 1. The highest BCUT2D eigenvalue weighted by Crippen LogP contribution is 2.30. The number of ether oxygens (including phenoxy) is 1. The summed E-state index contributed by atoms with van der Waals surface area (Å²) in [5.74, 6) is 0. The number of aromatic nitrogens is 2. The molecule has 1 aliphatic rings. The minimum absolute atomic E-state index is 0.374. The number of piperidine rings is 1. The molecule has 0 unspecified atom stereocenters. The van der Waals surface area contributed by atoms with Gasteiger partial charge in [0.25, 0.3) is 0 Å². The van der Waals surface area contributed by atoms with E-state index in [1.165, 1.54) is 0 Å². The third-order valence-corrected chi connectivity index (χ3v) is 3.50. The highest BCUT2D eigenvalue weighted by Gasteiger charge is 2.38. The van der Waals surface area contributed by atoms with Crippen LogP contribution in [0.15, 0.2) is 12.5 Å². The van der Waals surface area contributed by atoms with Crippen LogP contribution in [0.5, 0.6) is 0 Å². The fourth-order valence-electron chi connectivity index (χ4n) is 2.62. The van der Waals surface area contributed by atoms with E-state index < -0.39 is 11.1 Å². The first-order chi connectivity index (χ1) is 9.32. The lowest BCUT2D eigenvalue weighted by molar-refractivity contribution is 0.0420. The molecule has 2 rings (SSSR count). The Morgan fingerprint density at radius 1 is 1.45 bits per heavy atom. The van der Waals surface area contributed by atoms with Crippen molar-refractivity contribution in [2.45, 2.75) is 44.8 Å². The van der Waals surface area contributed by atoms with Crippen molar-refractivity contribution in [3.8, 4) is 0 Å². The van der Waals surface area contributed by atoms with E-state index in [1.807, 2.05) is 38.6 Å². The van der Waals surface area contributed by atoms with Crippen LogP contribution in [0.4, 0.5) is 4.79 Å². The summed E-state index contributed by atoms with van der Waals surface area (Å²) >= 11 is 0. The number of rotatable bonds is 2. The van der Waals surface area contributed by atoms with Crippen molar-refractivity contribution >= 4 is 6.09 Å². The van der Waals surface area contributed by atoms with Crippen molar-refractivity contribution in [3.05, 3.63) is 18.2 Å². The van der Waals surface area contributed by atoms with E-state index in [1.54, 1.807) is 6.33 Å². The zero-order valence-electron chi connectivity index (χ0n) is 12.7. The molecule has 0 saturated carbocycles. The van der Waals surface area contributed by atoms with Crippen molar-refractivity contribution in [3.63, 3.8) is 0 Å². The van der Waals surface area contributed by atoms with Crippen LogP contribution in [0, 0.1) is 0 Å². The van der Waals surface area contributed by atoms with Gasteiger partial charge in [-0.05, 0) is 46.7 Å². The van der Waals surface area contributed by atoms with Gasteiger partial charge in [-0.15, -0.1) is 0 Å². The van der Waals surface area contributed by atoms with Gasteiger partial charge in [-0.1, -0.05) is 0 Å². The summed E-state index contributed by atoms with van der Waals surface area (Å²) in [6, 6.07) is 0. The zero-order chi connectivity index (χ0) is 14.8. The van der Waals surface area contributed by atoms with Gasteiger partial charge in [0.15, 0.2) is 0 Å². The number of amides is 1. The normalized spacial score (nSPS) is 18.6. The van der Waals surface area contributed by atoms with Crippen LogP contribution in [0.25, 0.3) is 0 Å². The van der Waals surface area contributed by atoms with Gasteiger partial charge in [-0.3, -0.25) is 0 Å². The molecule has 2 N–H and O–H groups in total. The maximum Gasteiger partial charge on any atom is 0.408 e. The molecule has 1 saturated heterocycles. The molecule has 20 heavy (non-hydrogen) atoms. The summed E-state index contributed by atoms with van der Waals surface area (Å²) < 4.78 is 7.36. The molecule has 1 aliphatic heterocycles. The Balaban J connectivity index is 2.20. The van der Waals surface area contributed by atoms with Crippen LogP contribution in [-0.4, -0.2) is 34.3 Å². The molecule has 1 aromatic rings. The minimum atomic E-state index is -0.495. The van der Waals surface area contributed by atoms with E-state index in [-0.39, 0.29) is 6.09 Å². The third kappa shape index (κ3) is 3.30. The molecule has 0 atom stereocenters. The minimum Gasteiger partial charge on any atom is -0.444 e. The van der Waals surface area contributed by atoms with Crippen LogP contribution in [0.2, 0.25) is 0 Å². The molecule has 0 bridgehead atoms. The predicted octanol–water partition coefficient (Wildman–Crippen LogP) is 1.52. The molecule has 112 valence electrons. The average Bonchev–Trinajstić information content (AvgIpc) is 2.74. The van der Waals surface area contributed by atoms with E-state index >= 15 is 0 Å². The lowest BCUT2D eigenvalue weighted by Gasteiger charge is -2.38. The van der Waals surface area contributed by atoms with E-state index in [0.29, 0.717) is 0 Å². The zero-order valence-corrected chi connectivity index (χ0v) is 12.7. The first-order valence-electron chi connectivity index (χ1n) is 7.01. The Labute approximate surface area is 119 Å². The largest absolute Gasteiger partial charge is 0.444 e. The first kappa shape index (κ1) is 14.8. The van der Waals surface area contributed by atoms with Crippen molar-refractivity contribution in [1.82, 2.24) is 20.2 Å². The molecule has 6 heteroatoms. The monoisotopic (exact) mass is 280 g/mol. The molecule has 6 nitrogen and oxygen atoms in total. The molecular formula is C14H24N4O2. The summed E-state index contributed by atoms with van der Waals surface area (Å²) in [6.07, 6.45) is 4.86. The smallest absolute Gasteiger partial charge is 0.408 e. The first-order valence-corrected chi connectivity index (χ1v) is 7.01. The van der Waals surface area contributed by atoms with Crippen LogP contribution < -0.4 is 10.6 Å². The molecule has 0 aliphatic carbocycles. The van der Waals surface area contributed by atoms with Gasteiger partial charge in [0, 0.05) is 7.05 Å². The average molecular weight is 280 g/mol. The maximum atomic E-state index is 12.2. The molecular weight excluding hydrogens is 256 g/mol. The van der Waals surface area contributed by atoms with Crippen LogP contribution in [0.1, 0.15) is 39.3 Å². The van der Waals surface area contributed by atoms with Crippen molar-refractivity contribution < 1.29 is 9.53 Å². The molecule has 0 aromatic carbocycles. The fraction of sp³-hybridized carbons (Fsp3) is 0.714. The Morgan fingerprint density at radius 3 is 2.60 bits per heavy atom. The summed E-state index contributed by atoms with van der Waals surface area (Å²) in [7, 11) is 1.95. The molecule has 1 amide bonds. The number of imidazole rings is 1. The third-order valence-electron chi connectivity index (χ3n) is 3.50. The summed E-state index contributed by atoms with van der Waals surface area (Å²) in [6.45, 7) is 7.32. The molecule has 0 spiro atoms. The standard InChI is InChI=1S/C14H24N4O2/c1-13(2,3)20-12(19)17-14(5-7-15-8-6-14)11-9-16-10-18(11)4/h9-10,15H,5-8H2,1-4H3,(H,17,19). The topological polar surface area (TPSA) is 68.2 Å². The molecule has 0 radical (unpaired) electrons. The lowest BCUT2D eigenvalue weighted by Crippen LogP contribution is -2.53. The number of nitrogens with zero attached hydrogens (tertiary/aromatic N) is 2. The van der Waals surface area contributed by atoms with Crippen molar-refractivity contribution in [2.24, 2.45) is 7.05 Å². The van der Waals surface area contributed by atoms with Gasteiger partial charge in [0.05, 0.1) is 23.8 Å². The van der Waals surface area contributed by atoms with Gasteiger partial charge in [0.1, 0.15) is 5.60 Å². The van der Waals surface area contributed by atoms with Crippen LogP contribution in [-0.2, 0) is 17.3 Å². The fourth-order valence-corrected chi connectivity index (χ4v) is 2.62. The summed E-state index contributed by atoms with van der Waals surface area (Å²) in [5, 5.41) is 6.39. The molecule has 1 aromatic heterocycles. The SMILES string of the molecule is Cn1cncc1C1(NC(=O)OC(C)(C)C)CCNCC1. The Hall–Kier alpha value is -1.56. The van der Waals surface area contributed by atoms with Gasteiger partial charge < -0.3 is 19.9 Å². The number of hydrogen-bond acceptors (Lipinski definition) is 4. The maximum absolute atomic E-state index is 12.2. The van der Waals surface area contributed by atoms with Crippen LogP contribution >= 0.6 is 0 Å². The number of aryl methyl sites for hydroxylation is 1. The number of hydrogen-bond donors (Lipinski definition) is 2. The van der Waals surface area contributed by atoms with Crippen LogP contribution in [0.3, 0.4) is 0 Å². The van der Waals surface area contributed by atoms with Crippen molar-refractivity contribution in [1.29, 1.82) is 0 Å².